The highest BCUT2D eigenvalue weighted by Gasteiger charge is 2.28. The largest absolute Gasteiger partial charge is 0.344 e. The van der Waals surface area contributed by atoms with Gasteiger partial charge in [-0.1, -0.05) is 6.42 Å². The molecule has 0 amide bonds. The van der Waals surface area contributed by atoms with E-state index in [1.165, 1.54) is 32.4 Å². The van der Waals surface area contributed by atoms with Gasteiger partial charge in [-0.3, -0.25) is 4.90 Å². The number of hydrogen-bond acceptors (Lipinski definition) is 3. The first-order valence-electron chi connectivity index (χ1n) is 5.06. The summed E-state index contributed by atoms with van der Waals surface area (Å²) in [5.41, 5.74) is 0.440. The molecule has 0 aromatic carbocycles. The van der Waals surface area contributed by atoms with Gasteiger partial charge in [0.05, 0.1) is 0 Å². The standard InChI is InChI=1S/C10H22N2.H3N/c1-10(2)6-4-5-8-12(10)9-7-11-3;/h11H,4-9H2,1-3H3;1H3. The Labute approximate surface area is 82.5 Å². The second kappa shape index (κ2) is 5.58. The summed E-state index contributed by atoms with van der Waals surface area (Å²) in [6, 6.07) is 0. The zero-order chi connectivity index (χ0) is 9.03. The highest BCUT2D eigenvalue weighted by atomic mass is 15.2. The van der Waals surface area contributed by atoms with E-state index in [-0.39, 0.29) is 6.15 Å². The number of piperidine rings is 1. The maximum atomic E-state index is 3.21. The molecule has 13 heavy (non-hydrogen) atoms. The number of likely N-dealkylation sites (N-methyl/N-ethyl adjacent to an activating group) is 1. The van der Waals surface area contributed by atoms with Gasteiger partial charge in [0.2, 0.25) is 0 Å². The Morgan fingerprint density at radius 2 is 2.00 bits per heavy atom. The summed E-state index contributed by atoms with van der Waals surface area (Å²) in [5.74, 6) is 0. The summed E-state index contributed by atoms with van der Waals surface area (Å²) in [7, 11) is 2.02. The average Bonchev–Trinajstić information content (AvgIpc) is 2.02. The molecule has 1 saturated heterocycles. The maximum absolute atomic E-state index is 3.21. The third-order valence-corrected chi connectivity index (χ3v) is 2.95. The highest BCUT2D eigenvalue weighted by molar-refractivity contribution is 4.85. The Hall–Kier alpha value is -0.120. The smallest absolute Gasteiger partial charge is 0.0153 e. The molecule has 3 nitrogen and oxygen atoms in total. The van der Waals surface area contributed by atoms with Crippen molar-refractivity contribution >= 4 is 0 Å². The molecule has 0 aliphatic carbocycles. The van der Waals surface area contributed by atoms with Crippen LogP contribution in [-0.4, -0.2) is 37.1 Å². The lowest BCUT2D eigenvalue weighted by atomic mass is 9.90. The zero-order valence-electron chi connectivity index (χ0n) is 9.40. The van der Waals surface area contributed by atoms with Crippen LogP contribution in [0.4, 0.5) is 0 Å². The van der Waals surface area contributed by atoms with E-state index in [0.29, 0.717) is 5.54 Å². The Morgan fingerprint density at radius 3 is 2.54 bits per heavy atom. The summed E-state index contributed by atoms with van der Waals surface area (Å²) < 4.78 is 0. The first-order chi connectivity index (χ1) is 5.67. The molecule has 1 rings (SSSR count). The highest BCUT2D eigenvalue weighted by Crippen LogP contribution is 2.26. The molecule has 0 atom stereocenters. The molecule has 1 fully saturated rings. The summed E-state index contributed by atoms with van der Waals surface area (Å²) in [6.45, 7) is 8.32. The Balaban J connectivity index is 0.00000144. The van der Waals surface area contributed by atoms with Crippen molar-refractivity contribution in [3.8, 4) is 0 Å². The molecule has 0 aromatic rings. The molecule has 1 heterocycles. The summed E-state index contributed by atoms with van der Waals surface area (Å²) >= 11 is 0. The number of likely N-dealkylation sites (tertiary alicyclic amines) is 1. The van der Waals surface area contributed by atoms with E-state index >= 15 is 0 Å². The first kappa shape index (κ1) is 12.9. The average molecular weight is 187 g/mol. The molecular formula is C10H25N3. The van der Waals surface area contributed by atoms with Gasteiger partial charge in [-0.2, -0.15) is 0 Å². The van der Waals surface area contributed by atoms with Crippen LogP contribution in [-0.2, 0) is 0 Å². The van der Waals surface area contributed by atoms with Gasteiger partial charge in [0.15, 0.2) is 0 Å². The lowest BCUT2D eigenvalue weighted by molar-refractivity contribution is 0.0787. The maximum Gasteiger partial charge on any atom is 0.0153 e. The minimum atomic E-state index is 0. The first-order valence-corrected chi connectivity index (χ1v) is 5.06. The van der Waals surface area contributed by atoms with Crippen molar-refractivity contribution < 1.29 is 0 Å². The van der Waals surface area contributed by atoms with Crippen molar-refractivity contribution in [2.75, 3.05) is 26.7 Å². The van der Waals surface area contributed by atoms with E-state index in [1.807, 2.05) is 7.05 Å². The Kier molecular flexibility index (Phi) is 5.53. The number of hydrogen-bond donors (Lipinski definition) is 2. The molecule has 3 heteroatoms. The fourth-order valence-electron chi connectivity index (χ4n) is 1.98. The van der Waals surface area contributed by atoms with Gasteiger partial charge in [0, 0.05) is 18.6 Å². The van der Waals surface area contributed by atoms with Crippen LogP contribution in [0.3, 0.4) is 0 Å². The van der Waals surface area contributed by atoms with Crippen LogP contribution in [0.5, 0.6) is 0 Å². The number of nitrogens with one attached hydrogen (secondary N) is 1. The predicted octanol–water partition coefficient (Wildman–Crippen LogP) is 1.63. The molecular weight excluding hydrogens is 162 g/mol. The van der Waals surface area contributed by atoms with E-state index in [0.717, 1.165) is 6.54 Å². The fraction of sp³-hybridized carbons (Fsp3) is 1.00. The van der Waals surface area contributed by atoms with Crippen LogP contribution in [0.25, 0.3) is 0 Å². The monoisotopic (exact) mass is 187 g/mol. The number of rotatable bonds is 3. The van der Waals surface area contributed by atoms with Crippen LogP contribution < -0.4 is 11.5 Å². The minimum Gasteiger partial charge on any atom is -0.344 e. The van der Waals surface area contributed by atoms with Gasteiger partial charge in [0.25, 0.3) is 0 Å². The molecule has 0 aromatic heterocycles. The molecule has 0 bridgehead atoms. The third-order valence-electron chi connectivity index (χ3n) is 2.95. The van der Waals surface area contributed by atoms with Crippen LogP contribution in [0.15, 0.2) is 0 Å². The molecule has 4 N–H and O–H groups in total. The van der Waals surface area contributed by atoms with Gasteiger partial charge in [-0.15, -0.1) is 0 Å². The van der Waals surface area contributed by atoms with Gasteiger partial charge in [-0.25, -0.2) is 0 Å². The molecule has 0 saturated carbocycles. The van der Waals surface area contributed by atoms with Crippen molar-refractivity contribution in [2.24, 2.45) is 0 Å². The molecule has 1 aliphatic heterocycles. The molecule has 1 aliphatic rings. The van der Waals surface area contributed by atoms with E-state index in [4.69, 9.17) is 0 Å². The quantitative estimate of drug-likeness (QED) is 0.706. The Morgan fingerprint density at radius 1 is 1.31 bits per heavy atom. The van der Waals surface area contributed by atoms with Gasteiger partial charge >= 0.3 is 0 Å². The van der Waals surface area contributed by atoms with Crippen LogP contribution in [0.1, 0.15) is 33.1 Å². The fourth-order valence-corrected chi connectivity index (χ4v) is 1.98. The van der Waals surface area contributed by atoms with E-state index in [2.05, 4.69) is 24.1 Å². The van der Waals surface area contributed by atoms with Crippen molar-refractivity contribution in [3.05, 3.63) is 0 Å². The van der Waals surface area contributed by atoms with Gasteiger partial charge in [0.1, 0.15) is 0 Å². The Bertz CT molecular complexity index is 134. The van der Waals surface area contributed by atoms with Crippen molar-refractivity contribution in [2.45, 2.75) is 38.6 Å². The lowest BCUT2D eigenvalue weighted by Gasteiger charge is -2.42. The third kappa shape index (κ3) is 3.63. The van der Waals surface area contributed by atoms with Crippen LogP contribution in [0, 0.1) is 0 Å². The molecule has 0 spiro atoms. The van der Waals surface area contributed by atoms with E-state index < -0.39 is 0 Å². The molecule has 0 unspecified atom stereocenters. The predicted molar refractivity (Wildman–Crippen MR) is 58.5 cm³/mol. The number of nitrogens with zero attached hydrogens (tertiary/aromatic N) is 1. The van der Waals surface area contributed by atoms with Crippen molar-refractivity contribution in [1.82, 2.24) is 16.4 Å². The van der Waals surface area contributed by atoms with E-state index in [1.54, 1.807) is 0 Å². The summed E-state index contributed by atoms with van der Waals surface area (Å²) in [4.78, 5) is 2.60. The van der Waals surface area contributed by atoms with Crippen LogP contribution in [0.2, 0.25) is 0 Å². The van der Waals surface area contributed by atoms with Crippen molar-refractivity contribution in [1.29, 1.82) is 0 Å². The summed E-state index contributed by atoms with van der Waals surface area (Å²) in [6.07, 6.45) is 4.15. The molecule has 80 valence electrons. The van der Waals surface area contributed by atoms with E-state index in [9.17, 15) is 0 Å². The van der Waals surface area contributed by atoms with Crippen molar-refractivity contribution in [3.63, 3.8) is 0 Å². The minimum absolute atomic E-state index is 0. The lowest BCUT2D eigenvalue weighted by Crippen LogP contribution is -2.49. The second-order valence-electron chi connectivity index (χ2n) is 4.36. The normalized spacial score (nSPS) is 22.4. The zero-order valence-corrected chi connectivity index (χ0v) is 9.40. The topological polar surface area (TPSA) is 50.3 Å². The van der Waals surface area contributed by atoms with Gasteiger partial charge < -0.3 is 11.5 Å². The summed E-state index contributed by atoms with van der Waals surface area (Å²) in [5, 5.41) is 3.21. The van der Waals surface area contributed by atoms with Crippen LogP contribution >= 0.6 is 0 Å². The SMILES string of the molecule is CNCCN1CCCCC1(C)C.N. The van der Waals surface area contributed by atoms with Gasteiger partial charge in [-0.05, 0) is 40.3 Å². The second-order valence-corrected chi connectivity index (χ2v) is 4.36. The molecule has 0 radical (unpaired) electrons.